The normalized spacial score (nSPS) is 13.4. The molecular formula is C16H14ClF3N3O3+. The molecule has 6 nitrogen and oxygen atoms in total. The maximum atomic E-state index is 13.8. The van der Waals surface area contributed by atoms with Crippen molar-refractivity contribution >= 4 is 29.3 Å². The fourth-order valence-corrected chi connectivity index (χ4v) is 2.28. The first-order valence-corrected chi connectivity index (χ1v) is 7.55. The van der Waals surface area contributed by atoms with E-state index in [4.69, 9.17) is 11.6 Å². The molecule has 0 aliphatic rings. The van der Waals surface area contributed by atoms with Gasteiger partial charge in [0.05, 0.1) is 13.3 Å². The van der Waals surface area contributed by atoms with Gasteiger partial charge in [-0.05, 0) is 24.3 Å². The summed E-state index contributed by atoms with van der Waals surface area (Å²) in [5.74, 6) is -3.07. The van der Waals surface area contributed by atoms with Crippen molar-refractivity contribution in [2.75, 3.05) is 12.4 Å². The summed E-state index contributed by atoms with van der Waals surface area (Å²) in [5.41, 5.74) is -3.67. The summed E-state index contributed by atoms with van der Waals surface area (Å²) in [6.07, 6.45) is -3.88. The van der Waals surface area contributed by atoms with Gasteiger partial charge in [0.15, 0.2) is 0 Å². The van der Waals surface area contributed by atoms with E-state index in [2.05, 4.69) is 9.72 Å². The third-order valence-corrected chi connectivity index (χ3v) is 3.57. The van der Waals surface area contributed by atoms with Crippen LogP contribution in [0.25, 0.3) is 0 Å². The Bertz CT molecular complexity index is 802. The van der Waals surface area contributed by atoms with Crippen LogP contribution in [-0.4, -0.2) is 30.8 Å². The highest BCUT2D eigenvalue weighted by Crippen LogP contribution is 2.32. The number of amides is 1. The second-order valence-corrected chi connectivity index (χ2v) is 5.54. The number of esters is 1. The van der Waals surface area contributed by atoms with Crippen LogP contribution in [0, 0.1) is 0 Å². The summed E-state index contributed by atoms with van der Waals surface area (Å²) in [6.45, 7) is 0. The van der Waals surface area contributed by atoms with Gasteiger partial charge in [-0.1, -0.05) is 23.7 Å². The molecule has 0 radical (unpaired) electrons. The van der Waals surface area contributed by atoms with Crippen LogP contribution in [0.3, 0.4) is 0 Å². The maximum absolute atomic E-state index is 13.8. The van der Waals surface area contributed by atoms with Crippen molar-refractivity contribution < 1.29 is 32.5 Å². The zero-order chi connectivity index (χ0) is 19.4. The zero-order valence-corrected chi connectivity index (χ0v) is 14.1. The first-order valence-electron chi connectivity index (χ1n) is 7.18. The van der Waals surface area contributed by atoms with Gasteiger partial charge < -0.3 is 4.74 Å². The first-order chi connectivity index (χ1) is 12.2. The van der Waals surface area contributed by atoms with E-state index in [1.807, 2.05) is 5.32 Å². The van der Waals surface area contributed by atoms with Gasteiger partial charge in [0.1, 0.15) is 0 Å². The Labute approximate surface area is 151 Å². The van der Waals surface area contributed by atoms with Crippen molar-refractivity contribution in [3.05, 3.63) is 59.2 Å². The predicted octanol–water partition coefficient (Wildman–Crippen LogP) is 2.43. The summed E-state index contributed by atoms with van der Waals surface area (Å²) in [7, 11) is 0.782. The quantitative estimate of drug-likeness (QED) is 0.609. The second-order valence-electron chi connectivity index (χ2n) is 5.11. The van der Waals surface area contributed by atoms with Crippen LogP contribution in [0.1, 0.15) is 10.4 Å². The number of H-pyrrole nitrogens is 1. The minimum absolute atomic E-state index is 0.151. The molecule has 0 aliphatic heterocycles. The number of aromatic nitrogens is 1. The molecule has 138 valence electrons. The minimum Gasteiger partial charge on any atom is -0.464 e. The van der Waals surface area contributed by atoms with Gasteiger partial charge in [0.2, 0.25) is 0 Å². The second kappa shape index (κ2) is 7.61. The minimum atomic E-state index is -5.22. The van der Waals surface area contributed by atoms with E-state index < -0.39 is 23.7 Å². The van der Waals surface area contributed by atoms with E-state index in [1.165, 1.54) is 48.7 Å². The number of rotatable bonds is 5. The van der Waals surface area contributed by atoms with Gasteiger partial charge in [0.25, 0.3) is 11.7 Å². The Balaban J connectivity index is 2.48. The number of benzene rings is 1. The molecule has 1 heterocycles. The third kappa shape index (κ3) is 4.05. The molecule has 26 heavy (non-hydrogen) atoms. The van der Waals surface area contributed by atoms with Crippen molar-refractivity contribution in [1.82, 2.24) is 5.32 Å². The van der Waals surface area contributed by atoms with E-state index in [0.29, 0.717) is 0 Å². The fraction of sp³-hybridized carbons (Fsp3) is 0.188. The Hall–Kier alpha value is -2.81. The number of pyridine rings is 1. The highest BCUT2D eigenvalue weighted by atomic mass is 35.5. The molecule has 0 saturated carbocycles. The van der Waals surface area contributed by atoms with Crippen molar-refractivity contribution in [1.29, 1.82) is 0 Å². The molecule has 1 amide bonds. The van der Waals surface area contributed by atoms with E-state index in [0.717, 1.165) is 7.11 Å². The van der Waals surface area contributed by atoms with Gasteiger partial charge in [-0.15, -0.1) is 0 Å². The molecule has 1 aromatic heterocycles. The average Bonchev–Trinajstić information content (AvgIpc) is 2.60. The third-order valence-electron chi connectivity index (χ3n) is 3.34. The van der Waals surface area contributed by atoms with E-state index in [-0.39, 0.29) is 16.4 Å². The van der Waals surface area contributed by atoms with Crippen LogP contribution in [-0.2, 0) is 9.53 Å². The lowest BCUT2D eigenvalue weighted by Crippen LogP contribution is -2.69. The van der Waals surface area contributed by atoms with Gasteiger partial charge in [-0.25, -0.2) is 15.1 Å². The smallest absolute Gasteiger partial charge is 0.464 e. The molecule has 0 fully saturated rings. The number of hydrogen-bond acceptors (Lipinski definition) is 4. The predicted molar refractivity (Wildman–Crippen MR) is 86.3 cm³/mol. The molecule has 2 rings (SSSR count). The molecule has 2 aromatic rings. The lowest BCUT2D eigenvalue weighted by Gasteiger charge is -2.30. The van der Waals surface area contributed by atoms with Gasteiger partial charge in [0, 0.05) is 16.7 Å². The molecule has 0 aliphatic carbocycles. The average molecular weight is 389 g/mol. The molecule has 0 saturated heterocycles. The summed E-state index contributed by atoms with van der Waals surface area (Å²) in [6, 6.07) is 9.50. The van der Waals surface area contributed by atoms with Crippen molar-refractivity contribution in [3.63, 3.8) is 0 Å². The van der Waals surface area contributed by atoms with E-state index in [1.54, 1.807) is 5.32 Å². The van der Waals surface area contributed by atoms with Crippen molar-refractivity contribution in [3.8, 4) is 0 Å². The number of anilines is 1. The monoisotopic (exact) mass is 388 g/mol. The van der Waals surface area contributed by atoms with E-state index >= 15 is 0 Å². The van der Waals surface area contributed by atoms with Crippen LogP contribution >= 0.6 is 11.6 Å². The highest BCUT2D eigenvalue weighted by Gasteiger charge is 2.67. The SMILES string of the molecule is COC(=O)[C@@](NC(=O)c1cccc(Cl)c1)(Nc1cccc[nH+]1)C(F)(F)F. The highest BCUT2D eigenvalue weighted by molar-refractivity contribution is 6.31. The lowest BCUT2D eigenvalue weighted by molar-refractivity contribution is -0.363. The zero-order valence-electron chi connectivity index (χ0n) is 13.4. The van der Waals surface area contributed by atoms with Crippen LogP contribution in [0.5, 0.6) is 0 Å². The van der Waals surface area contributed by atoms with Crippen LogP contribution in [0.2, 0.25) is 5.02 Å². The number of methoxy groups -OCH3 is 1. The van der Waals surface area contributed by atoms with Crippen LogP contribution < -0.4 is 15.6 Å². The molecular weight excluding hydrogens is 375 g/mol. The Morgan fingerprint density at radius 3 is 2.42 bits per heavy atom. The number of aromatic amines is 1. The number of carbonyl (C=O) groups excluding carboxylic acids is 2. The van der Waals surface area contributed by atoms with Crippen molar-refractivity contribution in [2.24, 2.45) is 0 Å². The summed E-state index contributed by atoms with van der Waals surface area (Å²) < 4.78 is 45.8. The molecule has 0 unspecified atom stereocenters. The molecule has 0 bridgehead atoms. The van der Waals surface area contributed by atoms with E-state index in [9.17, 15) is 22.8 Å². The number of alkyl halides is 3. The first kappa shape index (κ1) is 19.5. The molecule has 0 spiro atoms. The Morgan fingerprint density at radius 1 is 1.15 bits per heavy atom. The maximum Gasteiger partial charge on any atom is 0.464 e. The van der Waals surface area contributed by atoms with Crippen LogP contribution in [0.15, 0.2) is 48.7 Å². The standard InChI is InChI=1S/C16H13ClF3N3O3/c1-26-14(25)15(16(18,19)20,22-12-7-2-3-8-21-12)23-13(24)10-5-4-6-11(17)9-10/h2-9H,1H3,(H,21,22)(H,23,24)/p+1/t15-/m0/s1. The van der Waals surface area contributed by atoms with Crippen molar-refractivity contribution in [2.45, 2.75) is 11.8 Å². The van der Waals surface area contributed by atoms with Gasteiger partial charge >= 0.3 is 17.8 Å². The molecule has 1 atom stereocenters. The molecule has 10 heteroatoms. The number of carbonyl (C=O) groups is 2. The summed E-state index contributed by atoms with van der Waals surface area (Å²) in [4.78, 5) is 26.9. The Kier molecular flexibility index (Phi) is 5.71. The van der Waals surface area contributed by atoms with Gasteiger partial charge in [-0.2, -0.15) is 13.2 Å². The summed E-state index contributed by atoms with van der Waals surface area (Å²) in [5, 5.41) is 3.81. The molecule has 1 aromatic carbocycles. The Morgan fingerprint density at radius 2 is 1.88 bits per heavy atom. The topological polar surface area (TPSA) is 81.6 Å². The number of nitrogens with one attached hydrogen (secondary N) is 3. The fourth-order valence-electron chi connectivity index (χ4n) is 2.09. The lowest BCUT2D eigenvalue weighted by atomic mass is 10.1. The van der Waals surface area contributed by atoms with Gasteiger partial charge in [-0.3, -0.25) is 10.1 Å². The van der Waals surface area contributed by atoms with Crippen LogP contribution in [0.4, 0.5) is 19.0 Å². The summed E-state index contributed by atoms with van der Waals surface area (Å²) >= 11 is 5.76. The number of halogens is 4. The molecule has 3 N–H and O–H groups in total. The number of ether oxygens (including phenoxy) is 1. The number of hydrogen-bond donors (Lipinski definition) is 2. The largest absolute Gasteiger partial charge is 0.464 e.